The number of ether oxygens (including phenoxy) is 1. The van der Waals surface area contributed by atoms with Crippen LogP contribution in [0.4, 0.5) is 0 Å². The van der Waals surface area contributed by atoms with Gasteiger partial charge in [0.2, 0.25) is 0 Å². The summed E-state index contributed by atoms with van der Waals surface area (Å²) in [4.78, 5) is 2.64. The van der Waals surface area contributed by atoms with Crippen LogP contribution in [0.5, 0.6) is 0 Å². The van der Waals surface area contributed by atoms with Gasteiger partial charge in [0.05, 0.1) is 12.7 Å². The molecule has 3 aliphatic rings. The molecule has 1 aliphatic carbocycles. The summed E-state index contributed by atoms with van der Waals surface area (Å²) in [6, 6.07) is 0.709. The Morgan fingerprint density at radius 2 is 1.78 bits per heavy atom. The molecule has 2 nitrogen and oxygen atoms in total. The normalized spacial score (nSPS) is 43.8. The van der Waals surface area contributed by atoms with E-state index in [4.69, 9.17) is 4.74 Å². The van der Waals surface area contributed by atoms with Crippen molar-refractivity contribution < 1.29 is 4.74 Å². The highest BCUT2D eigenvalue weighted by Crippen LogP contribution is 2.56. The third-order valence-corrected chi connectivity index (χ3v) is 6.07. The molecule has 4 atom stereocenters. The van der Waals surface area contributed by atoms with Crippen LogP contribution in [0.2, 0.25) is 0 Å². The molecule has 0 aromatic rings. The lowest BCUT2D eigenvalue weighted by Crippen LogP contribution is -2.47. The van der Waals surface area contributed by atoms with Crippen LogP contribution in [0.25, 0.3) is 0 Å². The molecule has 1 spiro atoms. The molecule has 2 heterocycles. The van der Waals surface area contributed by atoms with Crippen LogP contribution in [0.15, 0.2) is 0 Å². The van der Waals surface area contributed by atoms with E-state index >= 15 is 0 Å². The van der Waals surface area contributed by atoms with Crippen molar-refractivity contribution in [3.63, 3.8) is 0 Å². The van der Waals surface area contributed by atoms with Gasteiger partial charge in [-0.3, -0.25) is 0 Å². The van der Waals surface area contributed by atoms with E-state index in [9.17, 15) is 0 Å². The first-order valence-corrected chi connectivity index (χ1v) is 7.89. The lowest BCUT2D eigenvalue weighted by atomic mass is 9.66. The van der Waals surface area contributed by atoms with Crippen LogP contribution in [-0.2, 0) is 4.74 Å². The predicted molar refractivity (Wildman–Crippen MR) is 74.6 cm³/mol. The Morgan fingerprint density at radius 3 is 2.39 bits per heavy atom. The molecule has 4 unspecified atom stereocenters. The molecular weight excluding hydrogens is 222 g/mol. The second kappa shape index (κ2) is 4.49. The van der Waals surface area contributed by atoms with E-state index in [0.29, 0.717) is 17.6 Å². The highest BCUT2D eigenvalue weighted by Gasteiger charge is 2.57. The number of rotatable bonds is 1. The molecular formula is C16H29NO. The highest BCUT2D eigenvalue weighted by molar-refractivity contribution is 5.05. The second-order valence-electron chi connectivity index (χ2n) is 7.48. The van der Waals surface area contributed by atoms with Crippen molar-refractivity contribution in [2.75, 3.05) is 19.7 Å². The molecule has 3 fully saturated rings. The summed E-state index contributed by atoms with van der Waals surface area (Å²) in [5.74, 6) is 2.51. The number of likely N-dealkylation sites (tertiary alicyclic amines) is 1. The van der Waals surface area contributed by atoms with Gasteiger partial charge in [-0.25, -0.2) is 0 Å². The third kappa shape index (κ3) is 1.84. The summed E-state index contributed by atoms with van der Waals surface area (Å²) in [6.45, 7) is 13.1. The Balaban J connectivity index is 1.74. The van der Waals surface area contributed by atoms with E-state index in [1.54, 1.807) is 0 Å². The lowest BCUT2D eigenvalue weighted by Gasteiger charge is -2.44. The van der Waals surface area contributed by atoms with Gasteiger partial charge >= 0.3 is 0 Å². The third-order valence-electron chi connectivity index (χ3n) is 6.07. The molecule has 0 aromatic heterocycles. The van der Waals surface area contributed by atoms with E-state index in [0.717, 1.165) is 24.4 Å². The van der Waals surface area contributed by atoms with Crippen molar-refractivity contribution in [3.05, 3.63) is 0 Å². The van der Waals surface area contributed by atoms with Gasteiger partial charge in [-0.1, -0.05) is 13.8 Å². The Morgan fingerprint density at radius 1 is 1.11 bits per heavy atom. The van der Waals surface area contributed by atoms with Crippen LogP contribution < -0.4 is 0 Å². The first-order chi connectivity index (χ1) is 8.53. The molecule has 0 N–H and O–H groups in total. The fraction of sp³-hybridized carbons (Fsp3) is 1.00. The summed E-state index contributed by atoms with van der Waals surface area (Å²) < 4.78 is 6.23. The molecule has 1 saturated carbocycles. The number of fused-ring (bicyclic) bond motifs is 2. The van der Waals surface area contributed by atoms with Gasteiger partial charge in [-0.15, -0.1) is 0 Å². The average molecular weight is 251 g/mol. The van der Waals surface area contributed by atoms with Gasteiger partial charge in [0, 0.05) is 11.5 Å². The molecule has 2 heteroatoms. The second-order valence-corrected chi connectivity index (χ2v) is 7.48. The van der Waals surface area contributed by atoms with E-state index in [1.165, 1.54) is 32.4 Å². The van der Waals surface area contributed by atoms with Gasteiger partial charge in [-0.2, -0.15) is 0 Å². The summed E-state index contributed by atoms with van der Waals surface area (Å²) in [5, 5.41) is 0. The minimum atomic E-state index is 0.528. The van der Waals surface area contributed by atoms with E-state index in [1.807, 2.05) is 0 Å². The molecule has 2 saturated heterocycles. The van der Waals surface area contributed by atoms with Crippen LogP contribution in [0.1, 0.15) is 47.0 Å². The number of nitrogens with zero attached hydrogens (tertiary/aromatic N) is 1. The zero-order valence-corrected chi connectivity index (χ0v) is 12.5. The molecule has 0 amide bonds. The summed E-state index contributed by atoms with van der Waals surface area (Å²) >= 11 is 0. The largest absolute Gasteiger partial charge is 0.377 e. The summed E-state index contributed by atoms with van der Waals surface area (Å²) in [7, 11) is 0. The Kier molecular flexibility index (Phi) is 3.22. The Bertz CT molecular complexity index is 306. The van der Waals surface area contributed by atoms with Crippen molar-refractivity contribution in [3.8, 4) is 0 Å². The summed E-state index contributed by atoms with van der Waals surface area (Å²) in [6.07, 6.45) is 4.68. The molecule has 0 aromatic carbocycles. The topological polar surface area (TPSA) is 12.5 Å². The number of piperidine rings is 1. The van der Waals surface area contributed by atoms with Crippen LogP contribution in [0, 0.1) is 23.2 Å². The minimum Gasteiger partial charge on any atom is -0.377 e. The summed E-state index contributed by atoms with van der Waals surface area (Å²) in [5.41, 5.74) is 0.528. The predicted octanol–water partition coefficient (Wildman–Crippen LogP) is 3.17. The van der Waals surface area contributed by atoms with Gasteiger partial charge in [-0.05, 0) is 64.0 Å². The zero-order chi connectivity index (χ0) is 12.9. The quantitative estimate of drug-likeness (QED) is 0.710. The van der Waals surface area contributed by atoms with Gasteiger partial charge in [0.15, 0.2) is 0 Å². The van der Waals surface area contributed by atoms with Gasteiger partial charge in [0.25, 0.3) is 0 Å². The van der Waals surface area contributed by atoms with Crippen molar-refractivity contribution >= 4 is 0 Å². The zero-order valence-electron chi connectivity index (χ0n) is 12.5. The fourth-order valence-electron chi connectivity index (χ4n) is 5.09. The van der Waals surface area contributed by atoms with Gasteiger partial charge in [0.1, 0.15) is 0 Å². The fourth-order valence-corrected chi connectivity index (χ4v) is 5.09. The maximum absolute atomic E-state index is 6.23. The molecule has 0 bridgehead atoms. The molecule has 18 heavy (non-hydrogen) atoms. The molecule has 3 rings (SSSR count). The lowest BCUT2D eigenvalue weighted by molar-refractivity contribution is 0.0321. The van der Waals surface area contributed by atoms with E-state index < -0.39 is 0 Å². The van der Waals surface area contributed by atoms with Crippen molar-refractivity contribution in [1.82, 2.24) is 4.90 Å². The standard InChI is InChI=1S/C16H29NO/c1-11(2)17-7-5-16(6-8-17)10-18-15-13(4)9-12(3)14(15)16/h11-15H,5-10H2,1-4H3. The average Bonchev–Trinajstić information content (AvgIpc) is 2.82. The van der Waals surface area contributed by atoms with Crippen LogP contribution in [0.3, 0.4) is 0 Å². The highest BCUT2D eigenvalue weighted by atomic mass is 16.5. The SMILES string of the molecule is CC1CC(C)C2C1OCC21CCN(C(C)C)CC1. The molecule has 2 aliphatic heterocycles. The maximum Gasteiger partial charge on any atom is 0.0637 e. The Labute approximate surface area is 112 Å². The Hall–Kier alpha value is -0.0800. The monoisotopic (exact) mass is 251 g/mol. The smallest absolute Gasteiger partial charge is 0.0637 e. The van der Waals surface area contributed by atoms with E-state index in [-0.39, 0.29) is 0 Å². The van der Waals surface area contributed by atoms with Crippen molar-refractivity contribution in [2.24, 2.45) is 23.2 Å². The maximum atomic E-state index is 6.23. The first kappa shape index (κ1) is 12.9. The van der Waals surface area contributed by atoms with Gasteiger partial charge < -0.3 is 9.64 Å². The van der Waals surface area contributed by atoms with Crippen LogP contribution in [-0.4, -0.2) is 36.7 Å². The molecule has 0 radical (unpaired) electrons. The molecule has 104 valence electrons. The minimum absolute atomic E-state index is 0.528. The van der Waals surface area contributed by atoms with Crippen LogP contribution >= 0.6 is 0 Å². The van der Waals surface area contributed by atoms with E-state index in [2.05, 4.69) is 32.6 Å². The number of hydrogen-bond donors (Lipinski definition) is 0. The van der Waals surface area contributed by atoms with Crippen molar-refractivity contribution in [1.29, 1.82) is 0 Å². The number of hydrogen-bond acceptors (Lipinski definition) is 2. The van der Waals surface area contributed by atoms with Crippen molar-refractivity contribution in [2.45, 2.75) is 59.1 Å². The first-order valence-electron chi connectivity index (χ1n) is 7.89.